The molecule has 0 bridgehead atoms. The van der Waals surface area contributed by atoms with Crippen LogP contribution >= 0.6 is 23.1 Å². The number of alkyl halides is 3. The van der Waals surface area contributed by atoms with Crippen LogP contribution in [0.3, 0.4) is 0 Å². The van der Waals surface area contributed by atoms with Gasteiger partial charge < -0.3 is 5.73 Å². The Bertz CT molecular complexity index is 666. The van der Waals surface area contributed by atoms with E-state index in [2.05, 4.69) is 4.98 Å². The van der Waals surface area contributed by atoms with Crippen LogP contribution in [-0.2, 0) is 23.1 Å². The highest BCUT2D eigenvalue weighted by molar-refractivity contribution is 8.00. The monoisotopic (exact) mass is 346 g/mol. The number of aromatic nitrogens is 1. The number of primary amides is 1. The summed E-state index contributed by atoms with van der Waals surface area (Å²) in [7, 11) is 0. The maximum Gasteiger partial charge on any atom is 0.416 e. The minimum Gasteiger partial charge on any atom is -0.369 e. The van der Waals surface area contributed by atoms with E-state index in [0.29, 0.717) is 5.75 Å². The fraction of sp³-hybridized carbons (Fsp3) is 0.286. The van der Waals surface area contributed by atoms with Crippen molar-refractivity contribution in [2.75, 3.05) is 0 Å². The number of aryl methyl sites for hydroxylation is 1. The van der Waals surface area contributed by atoms with Crippen LogP contribution in [0.1, 0.15) is 21.7 Å². The molecule has 0 unspecified atom stereocenters. The maximum absolute atomic E-state index is 12.5. The summed E-state index contributed by atoms with van der Waals surface area (Å²) in [5.41, 5.74) is 6.04. The average Bonchev–Trinajstić information content (AvgIpc) is 2.76. The Hall–Kier alpha value is -1.54. The lowest BCUT2D eigenvalue weighted by Crippen LogP contribution is -2.13. The van der Waals surface area contributed by atoms with Gasteiger partial charge in [-0.3, -0.25) is 4.79 Å². The van der Waals surface area contributed by atoms with Crippen LogP contribution in [0.2, 0.25) is 0 Å². The molecule has 0 atom stereocenters. The molecular weight excluding hydrogens is 333 g/mol. The molecule has 0 aliphatic rings. The number of carbonyl (C=O) groups is 1. The molecule has 2 aromatic rings. The lowest BCUT2D eigenvalue weighted by Gasteiger charge is -2.07. The van der Waals surface area contributed by atoms with Gasteiger partial charge in [-0.2, -0.15) is 13.2 Å². The van der Waals surface area contributed by atoms with Crippen LogP contribution in [0.25, 0.3) is 0 Å². The lowest BCUT2D eigenvalue weighted by atomic mass is 10.1. The second kappa shape index (κ2) is 6.70. The Labute approximate surface area is 133 Å². The quantitative estimate of drug-likeness (QED) is 0.838. The molecule has 3 nitrogen and oxygen atoms in total. The molecule has 2 N–H and O–H groups in total. The van der Waals surface area contributed by atoms with Crippen molar-refractivity contribution in [1.82, 2.24) is 4.98 Å². The Kier molecular flexibility index (Phi) is 5.12. The molecule has 0 aliphatic heterocycles. The Morgan fingerprint density at radius 3 is 2.50 bits per heavy atom. The first-order valence-electron chi connectivity index (χ1n) is 6.29. The second-order valence-electron chi connectivity index (χ2n) is 4.61. The predicted octanol–water partition coefficient (Wildman–Crippen LogP) is 3.79. The van der Waals surface area contributed by atoms with Crippen molar-refractivity contribution in [3.05, 3.63) is 46.0 Å². The van der Waals surface area contributed by atoms with Crippen molar-refractivity contribution >= 4 is 29.0 Å². The fourth-order valence-corrected chi connectivity index (χ4v) is 3.92. The van der Waals surface area contributed by atoms with E-state index in [9.17, 15) is 18.0 Å². The molecule has 0 fully saturated rings. The van der Waals surface area contributed by atoms with Gasteiger partial charge in [0.25, 0.3) is 0 Å². The summed E-state index contributed by atoms with van der Waals surface area (Å²) in [5, 5.41) is 0. The average molecular weight is 346 g/mol. The molecule has 0 radical (unpaired) electrons. The minimum absolute atomic E-state index is 0.157. The number of thioether (sulfide) groups is 1. The van der Waals surface area contributed by atoms with Crippen LogP contribution in [0.5, 0.6) is 0 Å². The van der Waals surface area contributed by atoms with Gasteiger partial charge in [-0.15, -0.1) is 11.3 Å². The normalized spacial score (nSPS) is 11.6. The van der Waals surface area contributed by atoms with Crippen molar-refractivity contribution in [2.45, 2.75) is 29.6 Å². The molecule has 1 aromatic carbocycles. The molecule has 0 aliphatic carbocycles. The van der Waals surface area contributed by atoms with Gasteiger partial charge in [-0.1, -0.05) is 23.9 Å². The molecule has 8 heteroatoms. The standard InChI is InChI=1S/C14H13F3N2OS2/c1-8-11(6-12(18)20)22-13(19-8)21-7-9-2-4-10(5-3-9)14(15,16)17/h2-5H,6-7H2,1H3,(H2,18,20). The van der Waals surface area contributed by atoms with Crippen LogP contribution in [0.4, 0.5) is 13.2 Å². The first kappa shape index (κ1) is 16.8. The highest BCUT2D eigenvalue weighted by atomic mass is 32.2. The first-order chi connectivity index (χ1) is 10.3. The molecule has 1 heterocycles. The van der Waals surface area contributed by atoms with Gasteiger partial charge in [0.05, 0.1) is 17.7 Å². The minimum atomic E-state index is -4.32. The number of amides is 1. The number of hydrogen-bond acceptors (Lipinski definition) is 4. The number of thiazole rings is 1. The van der Waals surface area contributed by atoms with Gasteiger partial charge in [0.15, 0.2) is 4.34 Å². The number of nitrogens with two attached hydrogens (primary N) is 1. The van der Waals surface area contributed by atoms with Gasteiger partial charge in [-0.25, -0.2) is 4.98 Å². The molecule has 1 amide bonds. The molecular formula is C14H13F3N2OS2. The third-order valence-corrected chi connectivity index (χ3v) is 5.22. The number of halogens is 3. The molecule has 22 heavy (non-hydrogen) atoms. The van der Waals surface area contributed by atoms with Crippen LogP contribution in [0.15, 0.2) is 28.6 Å². The molecule has 0 saturated carbocycles. The summed E-state index contributed by atoms with van der Waals surface area (Å²) >= 11 is 2.81. The van der Waals surface area contributed by atoms with E-state index in [-0.39, 0.29) is 6.42 Å². The first-order valence-corrected chi connectivity index (χ1v) is 8.09. The SMILES string of the molecule is Cc1nc(SCc2ccc(C(F)(F)F)cc2)sc1CC(N)=O. The third-order valence-electron chi connectivity index (χ3n) is 2.85. The van der Waals surface area contributed by atoms with Crippen LogP contribution < -0.4 is 5.73 Å². The van der Waals surface area contributed by atoms with Crippen molar-refractivity contribution in [3.8, 4) is 0 Å². The summed E-state index contributed by atoms with van der Waals surface area (Å²) in [5.74, 6) is 0.104. The van der Waals surface area contributed by atoms with E-state index >= 15 is 0 Å². The maximum atomic E-state index is 12.5. The largest absolute Gasteiger partial charge is 0.416 e. The Morgan fingerprint density at radius 1 is 1.32 bits per heavy atom. The van der Waals surface area contributed by atoms with Gasteiger partial charge in [-0.05, 0) is 24.6 Å². The van der Waals surface area contributed by atoms with E-state index in [1.165, 1.54) is 35.2 Å². The smallest absolute Gasteiger partial charge is 0.369 e. The molecule has 0 saturated heterocycles. The Morgan fingerprint density at radius 2 is 1.95 bits per heavy atom. The summed E-state index contributed by atoms with van der Waals surface area (Å²) in [6.45, 7) is 1.80. The van der Waals surface area contributed by atoms with Gasteiger partial charge in [0.2, 0.25) is 5.91 Å². The summed E-state index contributed by atoms with van der Waals surface area (Å²) in [6, 6.07) is 5.06. The highest BCUT2D eigenvalue weighted by Gasteiger charge is 2.29. The van der Waals surface area contributed by atoms with Gasteiger partial charge in [0, 0.05) is 10.6 Å². The van der Waals surface area contributed by atoms with Crippen molar-refractivity contribution in [1.29, 1.82) is 0 Å². The zero-order chi connectivity index (χ0) is 16.3. The summed E-state index contributed by atoms with van der Waals surface area (Å²) in [4.78, 5) is 16.1. The zero-order valence-corrected chi connectivity index (χ0v) is 13.2. The highest BCUT2D eigenvalue weighted by Crippen LogP contribution is 2.32. The van der Waals surface area contributed by atoms with Crippen LogP contribution in [0, 0.1) is 6.92 Å². The van der Waals surface area contributed by atoms with E-state index in [1.54, 1.807) is 6.92 Å². The Balaban J connectivity index is 2.00. The predicted molar refractivity (Wildman–Crippen MR) is 80.8 cm³/mol. The number of carbonyl (C=O) groups excluding carboxylic acids is 1. The van der Waals surface area contributed by atoms with E-state index in [4.69, 9.17) is 5.73 Å². The van der Waals surface area contributed by atoms with Crippen molar-refractivity contribution in [2.24, 2.45) is 5.73 Å². The van der Waals surface area contributed by atoms with Crippen molar-refractivity contribution < 1.29 is 18.0 Å². The molecule has 2 rings (SSSR count). The summed E-state index contributed by atoms with van der Waals surface area (Å²) in [6.07, 6.45) is -4.16. The van der Waals surface area contributed by atoms with Gasteiger partial charge >= 0.3 is 6.18 Å². The molecule has 1 aromatic heterocycles. The molecule has 118 valence electrons. The summed E-state index contributed by atoms with van der Waals surface area (Å²) < 4.78 is 38.2. The zero-order valence-electron chi connectivity index (χ0n) is 11.6. The second-order valence-corrected chi connectivity index (χ2v) is 6.92. The number of benzene rings is 1. The number of nitrogens with zero attached hydrogens (tertiary/aromatic N) is 1. The van der Waals surface area contributed by atoms with Gasteiger partial charge in [0.1, 0.15) is 0 Å². The van der Waals surface area contributed by atoms with E-state index < -0.39 is 17.6 Å². The fourth-order valence-electron chi connectivity index (χ4n) is 1.72. The van der Waals surface area contributed by atoms with Crippen LogP contribution in [-0.4, -0.2) is 10.9 Å². The lowest BCUT2D eigenvalue weighted by molar-refractivity contribution is -0.137. The number of rotatable bonds is 5. The van der Waals surface area contributed by atoms with Crippen molar-refractivity contribution in [3.63, 3.8) is 0 Å². The van der Waals surface area contributed by atoms with E-state index in [1.807, 2.05) is 0 Å². The van der Waals surface area contributed by atoms with E-state index in [0.717, 1.165) is 32.6 Å². The molecule has 0 spiro atoms. The third kappa shape index (κ3) is 4.48. The topological polar surface area (TPSA) is 56.0 Å². The number of hydrogen-bond donors (Lipinski definition) is 1.